The molecule has 0 saturated carbocycles. The maximum atomic E-state index is 11.9. The number of aliphatic hydroxyl groups is 1. The first-order valence-corrected chi connectivity index (χ1v) is 6.37. The summed E-state index contributed by atoms with van der Waals surface area (Å²) in [6.07, 6.45) is 0.423. The van der Waals surface area contributed by atoms with E-state index in [-0.39, 0.29) is 6.09 Å². The minimum Gasteiger partial charge on any atom is -0.490 e. The molecule has 5 heteroatoms. The topological polar surface area (TPSA) is 59.0 Å². The predicted molar refractivity (Wildman–Crippen MR) is 71.7 cm³/mol. The molecular formula is C14H23NO4. The first-order valence-electron chi connectivity index (χ1n) is 6.37. The standard InChI is InChI=1S/C14H23NO4/c1-6-11(18-5)14(17)7-9-15(10-8-14)12(16)19-13(2,3)4/h17H,1,7-10H2,2-5H3. The zero-order chi connectivity index (χ0) is 14.7. The highest BCUT2D eigenvalue weighted by atomic mass is 16.6. The Morgan fingerprint density at radius 1 is 1.37 bits per heavy atom. The van der Waals surface area contributed by atoms with Gasteiger partial charge in [0.05, 0.1) is 7.11 Å². The second-order valence-corrected chi connectivity index (χ2v) is 5.71. The number of nitrogens with zero attached hydrogens (tertiary/aromatic N) is 1. The number of ether oxygens (including phenoxy) is 2. The van der Waals surface area contributed by atoms with Crippen molar-refractivity contribution >= 4 is 6.09 Å². The van der Waals surface area contributed by atoms with Crippen molar-refractivity contribution in [2.75, 3.05) is 20.2 Å². The van der Waals surface area contributed by atoms with Crippen molar-refractivity contribution in [3.05, 3.63) is 18.1 Å². The quantitative estimate of drug-likeness (QED) is 0.616. The fraction of sp³-hybridized carbons (Fsp3) is 0.714. The van der Waals surface area contributed by atoms with Gasteiger partial charge in [0.1, 0.15) is 11.2 Å². The minimum absolute atomic E-state index is 0.330. The number of rotatable bonds is 2. The molecule has 0 bridgehead atoms. The van der Waals surface area contributed by atoms with Crippen LogP contribution in [0.1, 0.15) is 33.6 Å². The van der Waals surface area contributed by atoms with E-state index >= 15 is 0 Å². The Bertz CT molecular complexity index is 383. The Balaban J connectivity index is 2.63. The third-order valence-electron chi connectivity index (χ3n) is 3.03. The van der Waals surface area contributed by atoms with Crippen molar-refractivity contribution < 1.29 is 19.4 Å². The van der Waals surface area contributed by atoms with Gasteiger partial charge in [0, 0.05) is 25.9 Å². The summed E-state index contributed by atoms with van der Waals surface area (Å²) in [7, 11) is 1.48. The number of likely N-dealkylation sites (tertiary alicyclic amines) is 1. The van der Waals surface area contributed by atoms with E-state index in [2.05, 4.69) is 12.3 Å². The number of hydrogen-bond donors (Lipinski definition) is 1. The second kappa shape index (κ2) is 5.68. The minimum atomic E-state index is -1.09. The molecule has 1 heterocycles. The lowest BCUT2D eigenvalue weighted by Gasteiger charge is -2.38. The van der Waals surface area contributed by atoms with Gasteiger partial charge >= 0.3 is 6.09 Å². The molecule has 19 heavy (non-hydrogen) atoms. The second-order valence-electron chi connectivity index (χ2n) is 5.71. The van der Waals surface area contributed by atoms with E-state index in [0.29, 0.717) is 31.7 Å². The molecule has 1 saturated heterocycles. The van der Waals surface area contributed by atoms with Crippen LogP contribution in [0, 0.1) is 0 Å². The highest BCUT2D eigenvalue weighted by molar-refractivity contribution is 5.68. The predicted octanol–water partition coefficient (Wildman–Crippen LogP) is 2.06. The Morgan fingerprint density at radius 2 is 1.89 bits per heavy atom. The highest BCUT2D eigenvalue weighted by Gasteiger charge is 2.39. The molecule has 0 atom stereocenters. The molecule has 0 spiro atoms. The van der Waals surface area contributed by atoms with E-state index in [1.807, 2.05) is 20.8 Å². The van der Waals surface area contributed by atoms with Crippen LogP contribution in [0.15, 0.2) is 18.1 Å². The van der Waals surface area contributed by atoms with Crippen LogP contribution < -0.4 is 0 Å². The summed E-state index contributed by atoms with van der Waals surface area (Å²) >= 11 is 0. The van der Waals surface area contributed by atoms with Crippen LogP contribution >= 0.6 is 0 Å². The molecule has 0 aromatic heterocycles. The molecule has 1 fully saturated rings. The van der Waals surface area contributed by atoms with E-state index in [1.54, 1.807) is 4.90 Å². The van der Waals surface area contributed by atoms with Gasteiger partial charge < -0.3 is 19.5 Å². The van der Waals surface area contributed by atoms with E-state index in [9.17, 15) is 9.90 Å². The van der Waals surface area contributed by atoms with Gasteiger partial charge in [0.15, 0.2) is 5.76 Å². The molecule has 1 aliphatic rings. The lowest BCUT2D eigenvalue weighted by Crippen LogP contribution is -2.49. The monoisotopic (exact) mass is 269 g/mol. The smallest absolute Gasteiger partial charge is 0.410 e. The van der Waals surface area contributed by atoms with Gasteiger partial charge in [-0.1, -0.05) is 12.3 Å². The molecule has 108 valence electrons. The van der Waals surface area contributed by atoms with Crippen molar-refractivity contribution in [1.82, 2.24) is 4.90 Å². The molecular weight excluding hydrogens is 246 g/mol. The highest BCUT2D eigenvalue weighted by Crippen LogP contribution is 2.30. The van der Waals surface area contributed by atoms with Gasteiger partial charge in [-0.15, -0.1) is 0 Å². The Morgan fingerprint density at radius 3 is 2.26 bits per heavy atom. The van der Waals surface area contributed by atoms with Crippen LogP contribution in [-0.4, -0.2) is 47.5 Å². The lowest BCUT2D eigenvalue weighted by atomic mass is 9.89. The third kappa shape index (κ3) is 4.01. The van der Waals surface area contributed by atoms with Crippen molar-refractivity contribution in [2.24, 2.45) is 0 Å². The molecule has 5 nitrogen and oxygen atoms in total. The van der Waals surface area contributed by atoms with Crippen LogP contribution in [0.3, 0.4) is 0 Å². The van der Waals surface area contributed by atoms with Crippen LogP contribution in [0.2, 0.25) is 0 Å². The van der Waals surface area contributed by atoms with Gasteiger partial charge in [0.25, 0.3) is 0 Å². The molecule has 1 aliphatic heterocycles. The molecule has 1 rings (SSSR count). The summed E-state index contributed by atoms with van der Waals surface area (Å²) in [6.45, 7) is 9.82. The van der Waals surface area contributed by atoms with Gasteiger partial charge in [-0.05, 0) is 20.8 Å². The van der Waals surface area contributed by atoms with E-state index < -0.39 is 11.2 Å². The summed E-state index contributed by atoms with van der Waals surface area (Å²) < 4.78 is 10.4. The SMILES string of the molecule is C=C=C(OC)C1(O)CCN(C(=O)OC(C)(C)C)CC1. The van der Waals surface area contributed by atoms with Crippen LogP contribution in [0.25, 0.3) is 0 Å². The fourth-order valence-corrected chi connectivity index (χ4v) is 2.04. The van der Waals surface area contributed by atoms with Crippen molar-refractivity contribution in [3.63, 3.8) is 0 Å². The molecule has 1 N–H and O–H groups in total. The zero-order valence-electron chi connectivity index (χ0n) is 12.2. The maximum absolute atomic E-state index is 11.9. The van der Waals surface area contributed by atoms with Crippen LogP contribution in [0.5, 0.6) is 0 Å². The summed E-state index contributed by atoms with van der Waals surface area (Å²) in [6, 6.07) is 0. The van der Waals surface area contributed by atoms with Crippen molar-refractivity contribution in [3.8, 4) is 0 Å². The average Bonchev–Trinajstić information content (AvgIpc) is 2.28. The summed E-state index contributed by atoms with van der Waals surface area (Å²) in [5.41, 5.74) is 1.01. The third-order valence-corrected chi connectivity index (χ3v) is 3.03. The lowest BCUT2D eigenvalue weighted by molar-refractivity contribution is -0.0362. The van der Waals surface area contributed by atoms with E-state index in [1.165, 1.54) is 7.11 Å². The van der Waals surface area contributed by atoms with Crippen LogP contribution in [-0.2, 0) is 9.47 Å². The molecule has 0 aromatic carbocycles. The summed E-state index contributed by atoms with van der Waals surface area (Å²) in [5, 5.41) is 10.4. The molecule has 0 aromatic rings. The first-order chi connectivity index (χ1) is 8.72. The number of piperidine rings is 1. The van der Waals surface area contributed by atoms with Gasteiger partial charge in [-0.3, -0.25) is 0 Å². The van der Waals surface area contributed by atoms with Gasteiger partial charge in [0.2, 0.25) is 0 Å². The fourth-order valence-electron chi connectivity index (χ4n) is 2.04. The molecule has 0 radical (unpaired) electrons. The van der Waals surface area contributed by atoms with Crippen LogP contribution in [0.4, 0.5) is 4.79 Å². The van der Waals surface area contributed by atoms with E-state index in [0.717, 1.165) is 0 Å². The Labute approximate surface area is 114 Å². The van der Waals surface area contributed by atoms with Crippen molar-refractivity contribution in [1.29, 1.82) is 0 Å². The molecule has 0 aliphatic carbocycles. The molecule has 0 unspecified atom stereocenters. The number of hydrogen-bond acceptors (Lipinski definition) is 4. The largest absolute Gasteiger partial charge is 0.490 e. The Hall–Kier alpha value is -1.45. The first kappa shape index (κ1) is 15.6. The molecule has 1 amide bonds. The van der Waals surface area contributed by atoms with Gasteiger partial charge in [-0.2, -0.15) is 0 Å². The Kier molecular flexibility index (Phi) is 4.66. The summed E-state index contributed by atoms with van der Waals surface area (Å²) in [5.74, 6) is 0.330. The summed E-state index contributed by atoms with van der Waals surface area (Å²) in [4.78, 5) is 13.5. The number of carbonyl (C=O) groups is 1. The maximum Gasteiger partial charge on any atom is 0.410 e. The zero-order valence-corrected chi connectivity index (χ0v) is 12.2. The number of methoxy groups -OCH3 is 1. The number of carbonyl (C=O) groups excluding carboxylic acids is 1. The average molecular weight is 269 g/mol. The normalized spacial score (nSPS) is 18.5. The van der Waals surface area contributed by atoms with Crippen molar-refractivity contribution in [2.45, 2.75) is 44.8 Å². The van der Waals surface area contributed by atoms with Gasteiger partial charge in [-0.25, -0.2) is 4.79 Å². The van der Waals surface area contributed by atoms with E-state index in [4.69, 9.17) is 9.47 Å². The number of amides is 1.